The molecule has 0 saturated heterocycles. The molecule has 1 aromatic heterocycles. The first-order valence-electron chi connectivity index (χ1n) is 10.3. The molecular formula is C24H29N3O3. The lowest BCUT2D eigenvalue weighted by Gasteiger charge is -2.17. The fraction of sp³-hybridized carbons (Fsp3) is 0.333. The number of hydrogen-bond acceptors (Lipinski definition) is 4. The molecule has 3 rings (SSSR count). The van der Waals surface area contributed by atoms with Gasteiger partial charge in [0.05, 0.1) is 5.52 Å². The van der Waals surface area contributed by atoms with E-state index in [0.717, 1.165) is 30.4 Å². The Balaban J connectivity index is 1.46. The lowest BCUT2D eigenvalue weighted by molar-refractivity contribution is -0.123. The number of pyridine rings is 1. The van der Waals surface area contributed by atoms with Gasteiger partial charge in [0.1, 0.15) is 5.75 Å². The lowest BCUT2D eigenvalue weighted by Crippen LogP contribution is -2.32. The minimum atomic E-state index is -0.190. The van der Waals surface area contributed by atoms with Crippen LogP contribution >= 0.6 is 0 Å². The van der Waals surface area contributed by atoms with E-state index in [2.05, 4.69) is 29.4 Å². The van der Waals surface area contributed by atoms with Crippen LogP contribution in [0, 0.1) is 0 Å². The highest BCUT2D eigenvalue weighted by atomic mass is 16.5. The van der Waals surface area contributed by atoms with Crippen molar-refractivity contribution in [3.63, 3.8) is 0 Å². The predicted molar refractivity (Wildman–Crippen MR) is 120 cm³/mol. The normalized spacial score (nSPS) is 11.0. The number of aryl methyl sites for hydroxylation is 1. The molecule has 6 heteroatoms. The maximum absolute atomic E-state index is 12.3. The average molecular weight is 408 g/mol. The quantitative estimate of drug-likeness (QED) is 0.525. The van der Waals surface area contributed by atoms with Crippen LogP contribution in [0.3, 0.4) is 0 Å². The highest BCUT2D eigenvalue weighted by Crippen LogP contribution is 2.23. The van der Waals surface area contributed by atoms with Crippen LogP contribution in [0.2, 0.25) is 0 Å². The van der Waals surface area contributed by atoms with E-state index in [9.17, 15) is 9.59 Å². The maximum atomic E-state index is 12.3. The SMILES string of the molecule is CCn1c(=O)cc(OCC(=O)NCCCN(C)Cc2ccccc2)c2ccccc21. The summed E-state index contributed by atoms with van der Waals surface area (Å²) in [6, 6.07) is 19.3. The molecule has 1 N–H and O–H groups in total. The number of benzene rings is 2. The van der Waals surface area contributed by atoms with Gasteiger partial charge in [-0.05, 0) is 44.6 Å². The van der Waals surface area contributed by atoms with Gasteiger partial charge in [-0.3, -0.25) is 9.59 Å². The number of para-hydroxylation sites is 1. The van der Waals surface area contributed by atoms with Gasteiger partial charge in [-0.2, -0.15) is 0 Å². The van der Waals surface area contributed by atoms with Crippen molar-refractivity contribution >= 4 is 16.8 Å². The Labute approximate surface area is 177 Å². The summed E-state index contributed by atoms with van der Waals surface area (Å²) < 4.78 is 7.37. The molecule has 0 aliphatic heterocycles. The second-order valence-corrected chi connectivity index (χ2v) is 7.32. The fourth-order valence-corrected chi connectivity index (χ4v) is 3.49. The van der Waals surface area contributed by atoms with Crippen molar-refractivity contribution in [2.24, 2.45) is 0 Å². The van der Waals surface area contributed by atoms with Gasteiger partial charge in [0.25, 0.3) is 11.5 Å². The zero-order valence-electron chi connectivity index (χ0n) is 17.6. The molecule has 0 atom stereocenters. The van der Waals surface area contributed by atoms with Crippen LogP contribution < -0.4 is 15.6 Å². The van der Waals surface area contributed by atoms with Gasteiger partial charge in [0.2, 0.25) is 0 Å². The summed E-state index contributed by atoms with van der Waals surface area (Å²) in [4.78, 5) is 26.7. The second kappa shape index (κ2) is 10.6. The van der Waals surface area contributed by atoms with Crippen molar-refractivity contribution < 1.29 is 9.53 Å². The summed E-state index contributed by atoms with van der Waals surface area (Å²) in [5.41, 5.74) is 1.95. The number of carbonyl (C=O) groups excluding carboxylic acids is 1. The minimum Gasteiger partial charge on any atom is -0.483 e. The zero-order chi connectivity index (χ0) is 21.3. The molecule has 0 unspecified atom stereocenters. The van der Waals surface area contributed by atoms with Crippen LogP contribution in [0.25, 0.3) is 10.9 Å². The van der Waals surface area contributed by atoms with E-state index >= 15 is 0 Å². The second-order valence-electron chi connectivity index (χ2n) is 7.32. The van der Waals surface area contributed by atoms with Crippen LogP contribution in [0.15, 0.2) is 65.5 Å². The van der Waals surface area contributed by atoms with Crippen molar-refractivity contribution in [1.29, 1.82) is 0 Å². The van der Waals surface area contributed by atoms with Gasteiger partial charge in [-0.25, -0.2) is 0 Å². The van der Waals surface area contributed by atoms with Gasteiger partial charge >= 0.3 is 0 Å². The van der Waals surface area contributed by atoms with Crippen LogP contribution in [0.4, 0.5) is 0 Å². The Kier molecular flexibility index (Phi) is 7.63. The number of nitrogens with one attached hydrogen (secondary N) is 1. The van der Waals surface area contributed by atoms with Gasteiger partial charge < -0.3 is 19.5 Å². The summed E-state index contributed by atoms with van der Waals surface area (Å²) in [5.74, 6) is 0.252. The van der Waals surface area contributed by atoms with E-state index in [1.165, 1.54) is 11.6 Å². The number of ether oxygens (including phenoxy) is 1. The van der Waals surface area contributed by atoms with Crippen LogP contribution in [0.5, 0.6) is 5.75 Å². The highest BCUT2D eigenvalue weighted by Gasteiger charge is 2.10. The maximum Gasteiger partial charge on any atom is 0.257 e. The molecule has 2 aromatic carbocycles. The number of carbonyl (C=O) groups is 1. The summed E-state index contributed by atoms with van der Waals surface area (Å²) in [5, 5.41) is 3.71. The minimum absolute atomic E-state index is 0.112. The molecule has 1 amide bonds. The molecule has 6 nitrogen and oxygen atoms in total. The van der Waals surface area contributed by atoms with Gasteiger partial charge in [0.15, 0.2) is 6.61 Å². The predicted octanol–water partition coefficient (Wildman–Crippen LogP) is 3.04. The van der Waals surface area contributed by atoms with E-state index in [1.807, 2.05) is 49.4 Å². The third-order valence-corrected chi connectivity index (χ3v) is 4.99. The van der Waals surface area contributed by atoms with Crippen LogP contribution in [0.1, 0.15) is 18.9 Å². The first-order valence-corrected chi connectivity index (χ1v) is 10.3. The van der Waals surface area contributed by atoms with E-state index in [1.54, 1.807) is 4.57 Å². The zero-order valence-corrected chi connectivity index (χ0v) is 17.6. The Hall–Kier alpha value is -3.12. The monoisotopic (exact) mass is 407 g/mol. The van der Waals surface area contributed by atoms with Crippen LogP contribution in [-0.4, -0.2) is 42.1 Å². The highest BCUT2D eigenvalue weighted by molar-refractivity contribution is 5.86. The Bertz CT molecular complexity index is 1030. The average Bonchev–Trinajstić information content (AvgIpc) is 2.76. The molecular weight excluding hydrogens is 378 g/mol. The third kappa shape index (κ3) is 5.70. The molecule has 0 aliphatic carbocycles. The smallest absolute Gasteiger partial charge is 0.257 e. The number of fused-ring (bicyclic) bond motifs is 1. The summed E-state index contributed by atoms with van der Waals surface area (Å²) >= 11 is 0. The number of rotatable bonds is 10. The Morgan fingerprint density at radius 3 is 2.60 bits per heavy atom. The van der Waals surface area contributed by atoms with E-state index in [0.29, 0.717) is 18.8 Å². The Morgan fingerprint density at radius 2 is 1.83 bits per heavy atom. The first-order chi connectivity index (χ1) is 14.6. The molecule has 3 aromatic rings. The number of hydrogen-bond donors (Lipinski definition) is 1. The fourth-order valence-electron chi connectivity index (χ4n) is 3.49. The molecule has 158 valence electrons. The molecule has 0 aliphatic rings. The Morgan fingerprint density at radius 1 is 1.10 bits per heavy atom. The first kappa shape index (κ1) is 21.6. The van der Waals surface area contributed by atoms with Gasteiger partial charge in [0, 0.05) is 31.1 Å². The topological polar surface area (TPSA) is 63.6 Å². The van der Waals surface area contributed by atoms with Crippen molar-refractivity contribution in [2.75, 3.05) is 26.7 Å². The summed E-state index contributed by atoms with van der Waals surface area (Å²) in [6.07, 6.45) is 0.852. The number of nitrogens with zero attached hydrogens (tertiary/aromatic N) is 2. The van der Waals surface area contributed by atoms with Gasteiger partial charge in [-0.1, -0.05) is 42.5 Å². The standard InChI is InChI=1S/C24H29N3O3/c1-3-27-21-13-8-7-12-20(21)22(16-24(27)29)30-18-23(28)25-14-9-15-26(2)17-19-10-5-4-6-11-19/h4-8,10-13,16H,3,9,14-15,17-18H2,1-2H3,(H,25,28). The van der Waals surface area contributed by atoms with E-state index < -0.39 is 0 Å². The molecule has 30 heavy (non-hydrogen) atoms. The van der Waals surface area contributed by atoms with Crippen molar-refractivity contribution in [3.8, 4) is 5.75 Å². The van der Waals surface area contributed by atoms with Gasteiger partial charge in [-0.15, -0.1) is 0 Å². The molecule has 0 radical (unpaired) electrons. The molecule has 0 fully saturated rings. The van der Waals surface area contributed by atoms with E-state index in [-0.39, 0.29) is 18.1 Å². The molecule has 0 spiro atoms. The number of amides is 1. The van der Waals surface area contributed by atoms with Crippen molar-refractivity contribution in [1.82, 2.24) is 14.8 Å². The van der Waals surface area contributed by atoms with Crippen molar-refractivity contribution in [2.45, 2.75) is 26.4 Å². The number of aromatic nitrogens is 1. The largest absolute Gasteiger partial charge is 0.483 e. The third-order valence-electron chi connectivity index (χ3n) is 4.99. The molecule has 1 heterocycles. The van der Waals surface area contributed by atoms with E-state index in [4.69, 9.17) is 4.74 Å². The van der Waals surface area contributed by atoms with Crippen LogP contribution in [-0.2, 0) is 17.9 Å². The summed E-state index contributed by atoms with van der Waals surface area (Å²) in [7, 11) is 2.07. The molecule has 0 saturated carbocycles. The molecule has 0 bridgehead atoms. The van der Waals surface area contributed by atoms with Crippen molar-refractivity contribution in [3.05, 3.63) is 76.6 Å². The lowest BCUT2D eigenvalue weighted by atomic mass is 10.2. The summed E-state index contributed by atoms with van der Waals surface area (Å²) in [6.45, 7) is 4.75.